The lowest BCUT2D eigenvalue weighted by molar-refractivity contribution is 0.318. The van der Waals surface area contributed by atoms with Crippen LogP contribution in [0.25, 0.3) is 0 Å². The molecule has 0 saturated heterocycles. The Morgan fingerprint density at radius 1 is 1.48 bits per heavy atom. The zero-order valence-corrected chi connectivity index (χ0v) is 13.0. The van der Waals surface area contributed by atoms with Gasteiger partial charge in [0, 0.05) is 22.8 Å². The SMILES string of the molecule is COc1ccc(Br)cc1NCc1cccnc1C(N)=NO. The molecule has 0 aliphatic heterocycles. The van der Waals surface area contributed by atoms with Crippen LogP contribution in [0, 0.1) is 0 Å². The summed E-state index contributed by atoms with van der Waals surface area (Å²) in [5.74, 6) is 0.709. The maximum atomic E-state index is 8.79. The molecule has 4 N–H and O–H groups in total. The molecule has 1 aromatic carbocycles. The monoisotopic (exact) mass is 350 g/mol. The average Bonchev–Trinajstić information content (AvgIpc) is 2.52. The minimum atomic E-state index is -0.0198. The van der Waals surface area contributed by atoms with Gasteiger partial charge in [0.15, 0.2) is 5.84 Å². The molecule has 0 spiro atoms. The van der Waals surface area contributed by atoms with E-state index in [2.05, 4.69) is 31.4 Å². The van der Waals surface area contributed by atoms with Gasteiger partial charge in [-0.3, -0.25) is 4.98 Å². The number of nitrogens with two attached hydrogens (primary N) is 1. The van der Waals surface area contributed by atoms with Gasteiger partial charge < -0.3 is 21.0 Å². The van der Waals surface area contributed by atoms with Gasteiger partial charge in [0.05, 0.1) is 12.8 Å². The largest absolute Gasteiger partial charge is 0.495 e. The predicted molar refractivity (Wildman–Crippen MR) is 84.8 cm³/mol. The summed E-state index contributed by atoms with van der Waals surface area (Å²) in [5, 5.41) is 15.0. The van der Waals surface area contributed by atoms with Crippen molar-refractivity contribution in [2.24, 2.45) is 10.9 Å². The summed E-state index contributed by atoms with van der Waals surface area (Å²) in [6.45, 7) is 0.464. The molecule has 21 heavy (non-hydrogen) atoms. The summed E-state index contributed by atoms with van der Waals surface area (Å²) in [5.41, 5.74) is 7.72. The Kier molecular flexibility index (Phi) is 4.99. The van der Waals surface area contributed by atoms with E-state index in [4.69, 9.17) is 15.7 Å². The smallest absolute Gasteiger partial charge is 0.189 e. The highest BCUT2D eigenvalue weighted by Gasteiger charge is 2.09. The Hall–Kier alpha value is -2.28. The minimum absolute atomic E-state index is 0.0198. The predicted octanol–water partition coefficient (Wildman–Crippen LogP) is 2.56. The van der Waals surface area contributed by atoms with E-state index in [0.717, 1.165) is 21.5 Å². The number of rotatable bonds is 5. The van der Waals surface area contributed by atoms with E-state index in [1.165, 1.54) is 0 Å². The Morgan fingerprint density at radius 2 is 2.29 bits per heavy atom. The van der Waals surface area contributed by atoms with Crippen LogP contribution in [0.3, 0.4) is 0 Å². The molecule has 2 aromatic rings. The number of methoxy groups -OCH3 is 1. The number of pyridine rings is 1. The van der Waals surface area contributed by atoms with E-state index in [-0.39, 0.29) is 5.84 Å². The number of ether oxygens (including phenoxy) is 1. The number of nitrogens with one attached hydrogen (secondary N) is 1. The number of oxime groups is 1. The number of halogens is 1. The van der Waals surface area contributed by atoms with Crippen LogP contribution >= 0.6 is 15.9 Å². The molecular weight excluding hydrogens is 336 g/mol. The summed E-state index contributed by atoms with van der Waals surface area (Å²) < 4.78 is 6.24. The van der Waals surface area contributed by atoms with Gasteiger partial charge in [-0.1, -0.05) is 27.2 Å². The zero-order chi connectivity index (χ0) is 15.2. The molecule has 0 unspecified atom stereocenters. The van der Waals surface area contributed by atoms with Crippen LogP contribution in [0.4, 0.5) is 5.69 Å². The van der Waals surface area contributed by atoms with E-state index < -0.39 is 0 Å². The van der Waals surface area contributed by atoms with Crippen LogP contribution in [-0.2, 0) is 6.54 Å². The van der Waals surface area contributed by atoms with Crippen LogP contribution in [-0.4, -0.2) is 23.1 Å². The first-order valence-electron chi connectivity index (χ1n) is 6.15. The molecule has 0 fully saturated rings. The highest BCUT2D eigenvalue weighted by Crippen LogP contribution is 2.28. The van der Waals surface area contributed by atoms with E-state index in [1.54, 1.807) is 19.4 Å². The molecule has 0 atom stereocenters. The fraction of sp³-hybridized carbons (Fsp3) is 0.143. The average molecular weight is 351 g/mol. The maximum absolute atomic E-state index is 8.79. The molecule has 110 valence electrons. The lowest BCUT2D eigenvalue weighted by Gasteiger charge is -2.13. The molecule has 2 rings (SSSR count). The summed E-state index contributed by atoms with van der Waals surface area (Å²) in [6.07, 6.45) is 1.59. The molecule has 0 amide bonds. The molecular formula is C14H15BrN4O2. The van der Waals surface area contributed by atoms with Crippen LogP contribution < -0.4 is 15.8 Å². The maximum Gasteiger partial charge on any atom is 0.189 e. The molecule has 6 nitrogen and oxygen atoms in total. The molecule has 0 aliphatic carbocycles. The third kappa shape index (κ3) is 3.63. The van der Waals surface area contributed by atoms with Crippen LogP contribution in [0.15, 0.2) is 46.2 Å². The first kappa shape index (κ1) is 15.1. The number of hydrogen-bond acceptors (Lipinski definition) is 5. The molecule has 0 saturated carbocycles. The van der Waals surface area contributed by atoms with Gasteiger partial charge in [-0.05, 0) is 24.3 Å². The number of hydrogen-bond donors (Lipinski definition) is 3. The van der Waals surface area contributed by atoms with E-state index in [9.17, 15) is 0 Å². The van der Waals surface area contributed by atoms with Gasteiger partial charge in [-0.15, -0.1) is 0 Å². The fourth-order valence-corrected chi connectivity index (χ4v) is 2.23. The van der Waals surface area contributed by atoms with Crippen molar-refractivity contribution in [3.63, 3.8) is 0 Å². The standard InChI is InChI=1S/C14H15BrN4O2/c1-21-12-5-4-10(15)7-11(12)18-8-9-3-2-6-17-13(9)14(16)19-20/h2-7,18,20H,8H2,1H3,(H2,16,19). The van der Waals surface area contributed by atoms with Crippen molar-refractivity contribution in [2.75, 3.05) is 12.4 Å². The normalized spacial score (nSPS) is 11.2. The quantitative estimate of drug-likeness (QED) is 0.333. The summed E-state index contributed by atoms with van der Waals surface area (Å²) in [6, 6.07) is 9.33. The number of aromatic nitrogens is 1. The fourth-order valence-electron chi connectivity index (χ4n) is 1.87. The molecule has 1 aromatic heterocycles. The van der Waals surface area contributed by atoms with Crippen molar-refractivity contribution in [1.82, 2.24) is 4.98 Å². The van der Waals surface area contributed by atoms with Crippen LogP contribution in [0.1, 0.15) is 11.3 Å². The first-order valence-corrected chi connectivity index (χ1v) is 6.94. The summed E-state index contributed by atoms with van der Waals surface area (Å²) in [4.78, 5) is 4.13. The second-order valence-electron chi connectivity index (χ2n) is 4.19. The molecule has 7 heteroatoms. The first-order chi connectivity index (χ1) is 10.2. The van der Waals surface area contributed by atoms with Gasteiger partial charge in [0.2, 0.25) is 0 Å². The van der Waals surface area contributed by atoms with Crippen molar-refractivity contribution in [2.45, 2.75) is 6.54 Å². The topological polar surface area (TPSA) is 92.8 Å². The molecule has 0 radical (unpaired) electrons. The minimum Gasteiger partial charge on any atom is -0.495 e. The van der Waals surface area contributed by atoms with E-state index in [1.807, 2.05) is 24.3 Å². The number of nitrogens with zero attached hydrogens (tertiary/aromatic N) is 2. The Bertz CT molecular complexity index is 661. The van der Waals surface area contributed by atoms with Gasteiger partial charge in [-0.2, -0.15) is 0 Å². The Morgan fingerprint density at radius 3 is 3.00 bits per heavy atom. The van der Waals surface area contributed by atoms with Crippen molar-refractivity contribution >= 4 is 27.5 Å². The lowest BCUT2D eigenvalue weighted by Crippen LogP contribution is -2.18. The van der Waals surface area contributed by atoms with Crippen LogP contribution in [0.5, 0.6) is 5.75 Å². The van der Waals surface area contributed by atoms with Crippen molar-refractivity contribution in [1.29, 1.82) is 0 Å². The Balaban J connectivity index is 2.23. The zero-order valence-electron chi connectivity index (χ0n) is 11.4. The molecule has 0 bridgehead atoms. The number of amidine groups is 1. The van der Waals surface area contributed by atoms with Crippen LogP contribution in [0.2, 0.25) is 0 Å². The van der Waals surface area contributed by atoms with Crippen molar-refractivity contribution < 1.29 is 9.94 Å². The van der Waals surface area contributed by atoms with E-state index >= 15 is 0 Å². The summed E-state index contributed by atoms with van der Waals surface area (Å²) >= 11 is 3.42. The van der Waals surface area contributed by atoms with Gasteiger partial charge in [0.25, 0.3) is 0 Å². The van der Waals surface area contributed by atoms with Crippen molar-refractivity contribution in [3.8, 4) is 5.75 Å². The Labute approximate surface area is 130 Å². The highest BCUT2D eigenvalue weighted by atomic mass is 79.9. The van der Waals surface area contributed by atoms with Crippen molar-refractivity contribution in [3.05, 3.63) is 52.3 Å². The molecule has 0 aliphatic rings. The summed E-state index contributed by atoms with van der Waals surface area (Å²) in [7, 11) is 1.61. The van der Waals surface area contributed by atoms with E-state index in [0.29, 0.717) is 12.2 Å². The highest BCUT2D eigenvalue weighted by molar-refractivity contribution is 9.10. The second-order valence-corrected chi connectivity index (χ2v) is 5.11. The van der Waals surface area contributed by atoms with Gasteiger partial charge in [0.1, 0.15) is 11.4 Å². The lowest BCUT2D eigenvalue weighted by atomic mass is 10.1. The second kappa shape index (κ2) is 6.94. The van der Waals surface area contributed by atoms with Gasteiger partial charge >= 0.3 is 0 Å². The van der Waals surface area contributed by atoms with Gasteiger partial charge in [-0.25, -0.2) is 0 Å². The third-order valence-electron chi connectivity index (χ3n) is 2.87. The number of benzene rings is 1. The third-order valence-corrected chi connectivity index (χ3v) is 3.37. The molecule has 1 heterocycles. The number of anilines is 1.